The van der Waals surface area contributed by atoms with Crippen molar-refractivity contribution in [3.63, 3.8) is 0 Å². The second kappa shape index (κ2) is 7.64. The highest BCUT2D eigenvalue weighted by Gasteiger charge is 2.14. The van der Waals surface area contributed by atoms with Crippen molar-refractivity contribution in [2.75, 3.05) is 7.11 Å². The maximum atomic E-state index is 10.9. The molecule has 0 aromatic heterocycles. The van der Waals surface area contributed by atoms with Crippen LogP contribution in [0, 0.1) is 5.39 Å². The number of hydrogen-bond acceptors (Lipinski definition) is 7. The summed E-state index contributed by atoms with van der Waals surface area (Å²) in [6.45, 7) is 0. The number of methoxy groups -OCH3 is 1. The van der Waals surface area contributed by atoms with Crippen LogP contribution in [0.5, 0.6) is 5.75 Å². The van der Waals surface area contributed by atoms with Gasteiger partial charge in [-0.05, 0) is 24.3 Å². The molecule has 0 N–H and O–H groups in total. The number of benzene rings is 2. The number of diazo groups is 1. The zero-order valence-electron chi connectivity index (χ0n) is 11.8. The van der Waals surface area contributed by atoms with Gasteiger partial charge in [-0.3, -0.25) is 0 Å². The molecule has 0 atom stereocenters. The first-order valence-electron chi connectivity index (χ1n) is 5.95. The number of rotatable bonds is 4. The molecule has 0 saturated heterocycles. The topological polar surface area (TPSA) is 119 Å². The SMILES string of the molecule is COc1cc(N=Nc2cccc(S(=O)(=O)[O-])c2)ccc1[N+]#N.Cl. The Morgan fingerprint density at radius 3 is 2.35 bits per heavy atom. The van der Waals surface area contributed by atoms with Crippen LogP contribution in [0.1, 0.15) is 0 Å². The molecule has 0 aliphatic rings. The molecule has 0 amide bonds. The van der Waals surface area contributed by atoms with Gasteiger partial charge in [0, 0.05) is 12.1 Å². The molecule has 0 fully saturated rings. The first-order valence-corrected chi connectivity index (χ1v) is 7.35. The van der Waals surface area contributed by atoms with E-state index in [0.29, 0.717) is 11.4 Å². The van der Waals surface area contributed by atoms with Gasteiger partial charge in [0.15, 0.2) is 4.98 Å². The van der Waals surface area contributed by atoms with Crippen molar-refractivity contribution in [1.82, 2.24) is 0 Å². The summed E-state index contributed by atoms with van der Waals surface area (Å²) < 4.78 is 37.8. The summed E-state index contributed by atoms with van der Waals surface area (Å²) in [6.07, 6.45) is 0. The Labute approximate surface area is 138 Å². The standard InChI is InChI=1S/C13H10N4O4S.ClH/c1-21-13-8-10(5-6-12(13)15-14)17-16-9-3-2-4-11(7-9)22(18,19)20;/h2-8H,1H3;1H. The van der Waals surface area contributed by atoms with E-state index in [1.54, 1.807) is 0 Å². The Morgan fingerprint density at radius 1 is 1.13 bits per heavy atom. The second-order valence-corrected chi connectivity index (χ2v) is 5.49. The molecule has 10 heteroatoms. The normalized spacial score (nSPS) is 10.8. The molecule has 120 valence electrons. The Bertz CT molecular complexity index is 878. The number of hydrogen-bond donors (Lipinski definition) is 0. The molecule has 0 bridgehead atoms. The first-order chi connectivity index (χ1) is 10.4. The quantitative estimate of drug-likeness (QED) is 0.468. The molecular formula is C13H11ClN4O4S. The van der Waals surface area contributed by atoms with E-state index in [4.69, 9.17) is 10.1 Å². The van der Waals surface area contributed by atoms with Crippen molar-refractivity contribution >= 4 is 39.6 Å². The molecule has 0 saturated carbocycles. The Balaban J connectivity index is 0.00000264. The number of azo groups is 1. The van der Waals surface area contributed by atoms with Gasteiger partial charge in [0.05, 0.1) is 23.4 Å². The average Bonchev–Trinajstić information content (AvgIpc) is 2.52. The second-order valence-electron chi connectivity index (χ2n) is 4.11. The van der Waals surface area contributed by atoms with Gasteiger partial charge in [-0.15, -0.1) is 12.4 Å². The van der Waals surface area contributed by atoms with Crippen LogP contribution < -0.4 is 4.74 Å². The molecule has 0 aliphatic carbocycles. The molecule has 0 unspecified atom stereocenters. The van der Waals surface area contributed by atoms with Crippen molar-refractivity contribution < 1.29 is 17.7 Å². The average molecular weight is 355 g/mol. The largest absolute Gasteiger partial charge is 0.744 e. The van der Waals surface area contributed by atoms with Crippen molar-refractivity contribution in [2.45, 2.75) is 4.90 Å². The Hall–Kier alpha value is -2.54. The Morgan fingerprint density at radius 2 is 1.78 bits per heavy atom. The minimum atomic E-state index is -4.54. The minimum absolute atomic E-state index is 0. The van der Waals surface area contributed by atoms with Crippen LogP contribution in [0.3, 0.4) is 0 Å². The summed E-state index contributed by atoms with van der Waals surface area (Å²) in [5.74, 6) is 0.301. The van der Waals surface area contributed by atoms with Crippen LogP contribution in [0.15, 0.2) is 57.6 Å². The van der Waals surface area contributed by atoms with Crippen LogP contribution in [0.25, 0.3) is 4.98 Å². The molecule has 2 rings (SSSR count). The fourth-order valence-corrected chi connectivity index (χ4v) is 2.14. The van der Waals surface area contributed by atoms with E-state index in [2.05, 4.69) is 15.2 Å². The fraction of sp³-hybridized carbons (Fsp3) is 0.0769. The van der Waals surface area contributed by atoms with Crippen LogP contribution in [-0.2, 0) is 10.1 Å². The zero-order valence-corrected chi connectivity index (χ0v) is 13.4. The highest BCUT2D eigenvalue weighted by molar-refractivity contribution is 7.85. The summed E-state index contributed by atoms with van der Waals surface area (Å²) in [4.78, 5) is 2.66. The smallest absolute Gasteiger partial charge is 0.426 e. The predicted octanol–water partition coefficient (Wildman–Crippen LogP) is 3.92. The third kappa shape index (κ3) is 4.72. The van der Waals surface area contributed by atoms with E-state index in [0.717, 1.165) is 6.07 Å². The molecular weight excluding hydrogens is 344 g/mol. The van der Waals surface area contributed by atoms with E-state index in [1.165, 1.54) is 43.5 Å². The molecule has 2 aromatic carbocycles. The van der Waals surface area contributed by atoms with E-state index in [-0.39, 0.29) is 28.7 Å². The molecule has 2 aromatic rings. The monoisotopic (exact) mass is 354 g/mol. The van der Waals surface area contributed by atoms with Gasteiger partial charge in [0.25, 0.3) is 0 Å². The van der Waals surface area contributed by atoms with Crippen molar-refractivity contribution in [2.24, 2.45) is 10.2 Å². The van der Waals surface area contributed by atoms with Crippen molar-refractivity contribution in [3.8, 4) is 5.75 Å². The fourth-order valence-electron chi connectivity index (χ4n) is 1.63. The minimum Gasteiger partial charge on any atom is -0.744 e. The highest BCUT2D eigenvalue weighted by atomic mass is 35.5. The van der Waals surface area contributed by atoms with E-state index < -0.39 is 10.1 Å². The van der Waals surface area contributed by atoms with Gasteiger partial charge in [0.1, 0.15) is 10.1 Å². The summed E-state index contributed by atoms with van der Waals surface area (Å²) in [7, 11) is -3.13. The third-order valence-electron chi connectivity index (χ3n) is 2.66. The summed E-state index contributed by atoms with van der Waals surface area (Å²) >= 11 is 0. The lowest BCUT2D eigenvalue weighted by Gasteiger charge is -2.06. The molecule has 0 radical (unpaired) electrons. The number of nitrogens with zero attached hydrogens (tertiary/aromatic N) is 4. The van der Waals surface area contributed by atoms with Crippen LogP contribution in [0.2, 0.25) is 0 Å². The zero-order chi connectivity index (χ0) is 16.2. The number of ether oxygens (including phenoxy) is 1. The molecule has 0 heterocycles. The van der Waals surface area contributed by atoms with Gasteiger partial charge in [-0.25, -0.2) is 8.42 Å². The van der Waals surface area contributed by atoms with Crippen molar-refractivity contribution in [3.05, 3.63) is 47.4 Å². The van der Waals surface area contributed by atoms with Gasteiger partial charge in [-0.1, -0.05) is 6.07 Å². The summed E-state index contributed by atoms with van der Waals surface area (Å²) in [6, 6.07) is 9.72. The maximum absolute atomic E-state index is 10.9. The lowest BCUT2D eigenvalue weighted by Crippen LogP contribution is -1.97. The summed E-state index contributed by atoms with van der Waals surface area (Å²) in [5, 5.41) is 16.5. The van der Waals surface area contributed by atoms with E-state index >= 15 is 0 Å². The van der Waals surface area contributed by atoms with E-state index in [9.17, 15) is 13.0 Å². The lowest BCUT2D eigenvalue weighted by atomic mass is 10.2. The summed E-state index contributed by atoms with van der Waals surface area (Å²) in [5.41, 5.74) is 0.854. The van der Waals surface area contributed by atoms with Gasteiger partial charge >= 0.3 is 5.69 Å². The predicted molar refractivity (Wildman–Crippen MR) is 83.6 cm³/mol. The lowest BCUT2D eigenvalue weighted by molar-refractivity contribution is 0.417. The number of halogens is 1. The molecule has 23 heavy (non-hydrogen) atoms. The highest BCUT2D eigenvalue weighted by Crippen LogP contribution is 2.32. The van der Waals surface area contributed by atoms with Crippen LogP contribution in [0.4, 0.5) is 17.1 Å². The van der Waals surface area contributed by atoms with Crippen molar-refractivity contribution in [1.29, 1.82) is 5.39 Å². The molecule has 8 nitrogen and oxygen atoms in total. The van der Waals surface area contributed by atoms with Gasteiger partial charge < -0.3 is 9.29 Å². The maximum Gasteiger partial charge on any atom is 0.426 e. The molecule has 0 aliphatic heterocycles. The van der Waals surface area contributed by atoms with Gasteiger partial charge in [-0.2, -0.15) is 10.2 Å². The third-order valence-corrected chi connectivity index (χ3v) is 3.49. The van der Waals surface area contributed by atoms with Crippen LogP contribution in [-0.4, -0.2) is 20.1 Å². The van der Waals surface area contributed by atoms with Crippen LogP contribution >= 0.6 is 12.4 Å². The van der Waals surface area contributed by atoms with E-state index in [1.807, 2.05) is 0 Å². The van der Waals surface area contributed by atoms with Gasteiger partial charge in [0.2, 0.25) is 11.1 Å². The Kier molecular flexibility index (Phi) is 6.15. The first kappa shape index (κ1) is 18.5. The molecule has 0 spiro atoms.